The van der Waals surface area contributed by atoms with Gasteiger partial charge in [-0.05, 0) is 18.6 Å². The molecule has 0 spiro atoms. The summed E-state index contributed by atoms with van der Waals surface area (Å²) in [5, 5.41) is 0.462. The number of pyridine rings is 1. The van der Waals surface area contributed by atoms with Gasteiger partial charge in [0.05, 0.1) is 10.9 Å². The van der Waals surface area contributed by atoms with Gasteiger partial charge < -0.3 is 9.80 Å². The first-order valence-corrected chi connectivity index (χ1v) is 8.05. The molecule has 1 aromatic rings. The third-order valence-corrected chi connectivity index (χ3v) is 4.62. The van der Waals surface area contributed by atoms with Crippen molar-refractivity contribution in [3.8, 4) is 0 Å². The van der Waals surface area contributed by atoms with E-state index in [4.69, 9.17) is 0 Å². The first kappa shape index (κ1) is 15.8. The molecule has 0 radical (unpaired) electrons. The number of hydrogen-bond acceptors (Lipinski definition) is 4. The van der Waals surface area contributed by atoms with E-state index < -0.39 is 0 Å². The number of carbonyl (C=O) groups is 2. The van der Waals surface area contributed by atoms with Crippen molar-refractivity contribution >= 4 is 29.3 Å². The molecule has 1 aliphatic rings. The second-order valence-electron chi connectivity index (χ2n) is 5.27. The molecule has 1 aromatic heterocycles. The first-order chi connectivity index (χ1) is 10.0. The summed E-state index contributed by atoms with van der Waals surface area (Å²) in [4.78, 5) is 32.2. The minimum Gasteiger partial charge on any atom is -0.349 e. The predicted octanol–water partition coefficient (Wildman–Crippen LogP) is 2.17. The Kier molecular flexibility index (Phi) is 5.22. The summed E-state index contributed by atoms with van der Waals surface area (Å²) >= 11 is 1.40. The normalized spacial score (nSPS) is 17.6. The highest BCUT2D eigenvalue weighted by Crippen LogP contribution is 2.38. The fourth-order valence-electron chi connectivity index (χ4n) is 2.17. The largest absolute Gasteiger partial charge is 0.349 e. The predicted molar refractivity (Wildman–Crippen MR) is 84.5 cm³/mol. The summed E-state index contributed by atoms with van der Waals surface area (Å²) in [5.41, 5.74) is 0.870. The molecular weight excluding hydrogens is 286 g/mol. The highest BCUT2D eigenvalue weighted by molar-refractivity contribution is 8.00. The molecule has 2 rings (SSSR count). The van der Waals surface area contributed by atoms with Gasteiger partial charge in [-0.2, -0.15) is 0 Å². The Morgan fingerprint density at radius 2 is 2.24 bits per heavy atom. The second kappa shape index (κ2) is 6.93. The van der Waals surface area contributed by atoms with E-state index in [0.717, 1.165) is 23.6 Å². The molecule has 0 aliphatic carbocycles. The fourth-order valence-corrected chi connectivity index (χ4v) is 3.32. The van der Waals surface area contributed by atoms with Crippen molar-refractivity contribution < 1.29 is 9.59 Å². The molecule has 0 unspecified atom stereocenters. The van der Waals surface area contributed by atoms with Crippen LogP contribution in [-0.4, -0.2) is 47.6 Å². The summed E-state index contributed by atoms with van der Waals surface area (Å²) in [7, 11) is 3.42. The van der Waals surface area contributed by atoms with Gasteiger partial charge in [0.2, 0.25) is 11.8 Å². The average molecular weight is 307 g/mol. The lowest BCUT2D eigenvalue weighted by atomic mass is 10.2. The topological polar surface area (TPSA) is 53.5 Å². The molecule has 1 aliphatic heterocycles. The average Bonchev–Trinajstić information content (AvgIpc) is 2.47. The van der Waals surface area contributed by atoms with Crippen molar-refractivity contribution in [1.82, 2.24) is 9.88 Å². The zero-order chi connectivity index (χ0) is 15.4. The number of aromatic nitrogens is 1. The number of hydrogen-bond donors (Lipinski definition) is 0. The van der Waals surface area contributed by atoms with Crippen LogP contribution in [0.4, 0.5) is 5.69 Å². The van der Waals surface area contributed by atoms with Crippen LogP contribution in [0.5, 0.6) is 0 Å². The number of carbonyl (C=O) groups excluding carboxylic acids is 2. The zero-order valence-electron chi connectivity index (χ0n) is 12.7. The molecule has 21 heavy (non-hydrogen) atoms. The monoisotopic (exact) mass is 307 g/mol. The third-order valence-electron chi connectivity index (χ3n) is 3.43. The van der Waals surface area contributed by atoms with E-state index in [9.17, 15) is 9.59 Å². The second-order valence-corrected chi connectivity index (χ2v) is 6.46. The van der Waals surface area contributed by atoms with Crippen LogP contribution in [0.1, 0.15) is 26.2 Å². The summed E-state index contributed by atoms with van der Waals surface area (Å²) in [6, 6.07) is 3.77. The van der Waals surface area contributed by atoms with Crippen LogP contribution in [0, 0.1) is 0 Å². The van der Waals surface area contributed by atoms with Crippen LogP contribution in [-0.2, 0) is 9.59 Å². The van der Waals surface area contributed by atoms with Crippen LogP contribution in [0.2, 0.25) is 0 Å². The molecular formula is C15H21N3O2S. The summed E-state index contributed by atoms with van der Waals surface area (Å²) in [6.07, 6.45) is 3.91. The SMILES string of the molecule is CCCCN1C(=O)[C@H](CC(=O)N(C)C)Sc2ncccc21. The van der Waals surface area contributed by atoms with Crippen molar-refractivity contribution in [3.63, 3.8) is 0 Å². The first-order valence-electron chi connectivity index (χ1n) is 7.17. The third kappa shape index (κ3) is 3.56. The Labute approximate surface area is 129 Å². The quantitative estimate of drug-likeness (QED) is 0.836. The van der Waals surface area contributed by atoms with Gasteiger partial charge in [0, 0.05) is 33.3 Å². The van der Waals surface area contributed by atoms with Gasteiger partial charge >= 0.3 is 0 Å². The van der Waals surface area contributed by atoms with Gasteiger partial charge in [0.1, 0.15) is 5.03 Å². The van der Waals surface area contributed by atoms with Gasteiger partial charge in [0.25, 0.3) is 0 Å². The van der Waals surface area contributed by atoms with E-state index in [1.807, 2.05) is 12.1 Å². The number of amides is 2. The Bertz CT molecular complexity index is 533. The zero-order valence-corrected chi connectivity index (χ0v) is 13.5. The molecule has 0 N–H and O–H groups in total. The maximum absolute atomic E-state index is 12.7. The van der Waals surface area contributed by atoms with Crippen LogP contribution in [0.15, 0.2) is 23.4 Å². The highest BCUT2D eigenvalue weighted by atomic mass is 32.2. The van der Waals surface area contributed by atoms with Gasteiger partial charge in [0.15, 0.2) is 0 Å². The van der Waals surface area contributed by atoms with E-state index >= 15 is 0 Å². The standard InChI is InChI=1S/C15H21N3O2S/c1-4-5-9-18-11-7-6-8-16-14(11)21-12(15(18)20)10-13(19)17(2)3/h6-8,12H,4-5,9-10H2,1-3H3/t12-/m0/s1. The minimum atomic E-state index is -0.376. The molecule has 114 valence electrons. The van der Waals surface area contributed by atoms with Crippen molar-refractivity contribution in [2.24, 2.45) is 0 Å². The number of anilines is 1. The Hall–Kier alpha value is -1.56. The maximum atomic E-state index is 12.7. The van der Waals surface area contributed by atoms with E-state index in [-0.39, 0.29) is 23.5 Å². The number of nitrogens with zero attached hydrogens (tertiary/aromatic N) is 3. The van der Waals surface area contributed by atoms with Crippen molar-refractivity contribution in [3.05, 3.63) is 18.3 Å². The Balaban J connectivity index is 2.24. The highest BCUT2D eigenvalue weighted by Gasteiger charge is 2.35. The Morgan fingerprint density at radius 3 is 2.90 bits per heavy atom. The van der Waals surface area contributed by atoms with Crippen LogP contribution < -0.4 is 4.90 Å². The molecule has 5 nitrogen and oxygen atoms in total. The molecule has 0 aromatic carbocycles. The molecule has 6 heteroatoms. The minimum absolute atomic E-state index is 0.0177. The lowest BCUT2D eigenvalue weighted by Crippen LogP contribution is -2.43. The van der Waals surface area contributed by atoms with Crippen molar-refractivity contribution in [2.75, 3.05) is 25.5 Å². The molecule has 0 bridgehead atoms. The number of rotatable bonds is 5. The lowest BCUT2D eigenvalue weighted by Gasteiger charge is -2.33. The molecule has 1 atom stereocenters. The van der Waals surface area contributed by atoms with Gasteiger partial charge in [-0.25, -0.2) is 4.98 Å². The smallest absolute Gasteiger partial charge is 0.241 e. The van der Waals surface area contributed by atoms with Crippen LogP contribution in [0.3, 0.4) is 0 Å². The van der Waals surface area contributed by atoms with E-state index in [2.05, 4.69) is 11.9 Å². The molecule has 0 saturated heterocycles. The molecule has 2 heterocycles. The Morgan fingerprint density at radius 1 is 1.48 bits per heavy atom. The number of fused-ring (bicyclic) bond motifs is 1. The van der Waals surface area contributed by atoms with E-state index in [0.29, 0.717) is 6.54 Å². The summed E-state index contributed by atoms with van der Waals surface area (Å²) in [5.74, 6) is -0.0141. The van der Waals surface area contributed by atoms with E-state index in [1.165, 1.54) is 16.7 Å². The van der Waals surface area contributed by atoms with Crippen LogP contribution in [0.25, 0.3) is 0 Å². The molecule has 2 amide bonds. The fraction of sp³-hybridized carbons (Fsp3) is 0.533. The lowest BCUT2D eigenvalue weighted by molar-refractivity contribution is -0.130. The van der Waals surface area contributed by atoms with Gasteiger partial charge in [-0.15, -0.1) is 0 Å². The molecule has 0 saturated carbocycles. The van der Waals surface area contributed by atoms with Crippen LogP contribution >= 0.6 is 11.8 Å². The van der Waals surface area contributed by atoms with E-state index in [1.54, 1.807) is 25.2 Å². The number of thioether (sulfide) groups is 1. The summed E-state index contributed by atoms with van der Waals surface area (Å²) in [6.45, 7) is 2.78. The van der Waals surface area contributed by atoms with Gasteiger partial charge in [-0.3, -0.25) is 9.59 Å². The summed E-state index contributed by atoms with van der Waals surface area (Å²) < 4.78 is 0. The van der Waals surface area contributed by atoms with Crippen molar-refractivity contribution in [2.45, 2.75) is 36.5 Å². The van der Waals surface area contributed by atoms with Gasteiger partial charge in [-0.1, -0.05) is 25.1 Å². The number of unbranched alkanes of at least 4 members (excludes halogenated alkanes) is 1. The maximum Gasteiger partial charge on any atom is 0.241 e. The molecule has 0 fully saturated rings. The van der Waals surface area contributed by atoms with Crippen molar-refractivity contribution in [1.29, 1.82) is 0 Å².